The number of piperazine rings is 1. The van der Waals surface area contributed by atoms with Crippen molar-refractivity contribution in [2.24, 2.45) is 0 Å². The van der Waals surface area contributed by atoms with Gasteiger partial charge in [-0.05, 0) is 13.3 Å². The van der Waals surface area contributed by atoms with Crippen molar-refractivity contribution in [1.29, 1.82) is 0 Å². The molecule has 1 amide bonds. The number of rotatable bonds is 2. The van der Waals surface area contributed by atoms with Gasteiger partial charge in [0.05, 0.1) is 10.7 Å². The molecule has 0 bridgehead atoms. The molecule has 2 rings (SSSR count). The number of aromatic nitrogens is 1. The Morgan fingerprint density at radius 3 is 2.81 bits per heavy atom. The first-order valence-corrected chi connectivity index (χ1v) is 6.50. The molecule has 0 saturated carbocycles. The summed E-state index contributed by atoms with van der Waals surface area (Å²) in [6.07, 6.45) is 0.831. The Labute approximate surface area is 99.7 Å². The van der Waals surface area contributed by atoms with E-state index in [0.717, 1.165) is 48.2 Å². The molecular weight excluding hydrogens is 222 g/mol. The smallest absolute Gasteiger partial charge is 0.265 e. The molecule has 0 radical (unpaired) electrons. The number of nitrogens with zero attached hydrogens (tertiary/aromatic N) is 2. The highest BCUT2D eigenvalue weighted by Gasteiger charge is 2.22. The van der Waals surface area contributed by atoms with E-state index >= 15 is 0 Å². The normalized spacial score (nSPS) is 16.5. The van der Waals surface area contributed by atoms with Crippen molar-refractivity contribution in [3.63, 3.8) is 0 Å². The fourth-order valence-electron chi connectivity index (χ4n) is 1.89. The molecule has 4 nitrogen and oxygen atoms in total. The minimum Gasteiger partial charge on any atom is -0.335 e. The predicted octanol–water partition coefficient (Wildman–Crippen LogP) is 1.06. The third kappa shape index (κ3) is 2.25. The fourth-order valence-corrected chi connectivity index (χ4v) is 2.86. The van der Waals surface area contributed by atoms with Gasteiger partial charge < -0.3 is 10.2 Å². The third-order valence-corrected chi connectivity index (χ3v) is 3.74. The lowest BCUT2D eigenvalue weighted by Crippen LogP contribution is -2.46. The number of thiazole rings is 1. The van der Waals surface area contributed by atoms with Gasteiger partial charge in [0.15, 0.2) is 0 Å². The minimum atomic E-state index is 0.156. The van der Waals surface area contributed by atoms with Gasteiger partial charge in [-0.3, -0.25) is 4.79 Å². The minimum absolute atomic E-state index is 0.156. The van der Waals surface area contributed by atoms with Crippen LogP contribution in [0.5, 0.6) is 0 Å². The van der Waals surface area contributed by atoms with Gasteiger partial charge in [-0.2, -0.15) is 0 Å². The third-order valence-electron chi connectivity index (χ3n) is 2.74. The largest absolute Gasteiger partial charge is 0.335 e. The molecule has 16 heavy (non-hydrogen) atoms. The van der Waals surface area contributed by atoms with Gasteiger partial charge >= 0.3 is 0 Å². The maximum Gasteiger partial charge on any atom is 0.265 e. The molecule has 1 aromatic heterocycles. The monoisotopic (exact) mass is 239 g/mol. The van der Waals surface area contributed by atoms with Gasteiger partial charge in [0, 0.05) is 26.2 Å². The van der Waals surface area contributed by atoms with E-state index in [2.05, 4.69) is 10.3 Å². The van der Waals surface area contributed by atoms with E-state index in [0.29, 0.717) is 0 Å². The van der Waals surface area contributed by atoms with Crippen LogP contribution >= 0.6 is 11.3 Å². The van der Waals surface area contributed by atoms with Gasteiger partial charge in [0.2, 0.25) is 0 Å². The molecule has 88 valence electrons. The van der Waals surface area contributed by atoms with Crippen LogP contribution in [0.3, 0.4) is 0 Å². The molecule has 1 aliphatic rings. The molecule has 2 heterocycles. The van der Waals surface area contributed by atoms with Crippen molar-refractivity contribution in [2.75, 3.05) is 26.2 Å². The van der Waals surface area contributed by atoms with Crippen LogP contribution in [0.25, 0.3) is 0 Å². The molecule has 5 heteroatoms. The zero-order chi connectivity index (χ0) is 11.5. The van der Waals surface area contributed by atoms with Crippen molar-refractivity contribution in [3.05, 3.63) is 15.6 Å². The number of nitrogens with one attached hydrogen (secondary N) is 1. The molecule has 1 aromatic rings. The first-order valence-electron chi connectivity index (χ1n) is 5.68. The second-order valence-corrected chi connectivity index (χ2v) is 5.11. The van der Waals surface area contributed by atoms with Gasteiger partial charge in [-0.1, -0.05) is 6.92 Å². The summed E-state index contributed by atoms with van der Waals surface area (Å²) in [4.78, 5) is 19.4. The fraction of sp³-hybridized carbons (Fsp3) is 0.636. The summed E-state index contributed by atoms with van der Waals surface area (Å²) in [5.74, 6) is 0.156. The molecule has 0 atom stereocenters. The summed E-state index contributed by atoms with van der Waals surface area (Å²) in [5, 5.41) is 4.23. The maximum atomic E-state index is 12.3. The van der Waals surface area contributed by atoms with Crippen LogP contribution in [-0.2, 0) is 6.42 Å². The molecular formula is C11H17N3OS. The average molecular weight is 239 g/mol. The summed E-state index contributed by atoms with van der Waals surface area (Å²) in [7, 11) is 0. The lowest BCUT2D eigenvalue weighted by Gasteiger charge is -2.27. The van der Waals surface area contributed by atoms with Crippen molar-refractivity contribution >= 4 is 17.2 Å². The van der Waals surface area contributed by atoms with E-state index in [-0.39, 0.29) is 5.91 Å². The summed E-state index contributed by atoms with van der Waals surface area (Å²) in [6, 6.07) is 0. The number of hydrogen-bond donors (Lipinski definition) is 1. The van der Waals surface area contributed by atoms with Crippen molar-refractivity contribution < 1.29 is 4.79 Å². The number of aryl methyl sites for hydroxylation is 2. The Kier molecular flexibility index (Phi) is 3.56. The van der Waals surface area contributed by atoms with Crippen LogP contribution in [0.1, 0.15) is 27.3 Å². The van der Waals surface area contributed by atoms with E-state index in [1.54, 1.807) is 0 Å². The van der Waals surface area contributed by atoms with E-state index in [4.69, 9.17) is 0 Å². The first kappa shape index (κ1) is 11.5. The number of carbonyl (C=O) groups is 1. The van der Waals surface area contributed by atoms with Crippen LogP contribution in [0.2, 0.25) is 0 Å². The Bertz CT molecular complexity index is 383. The lowest BCUT2D eigenvalue weighted by atomic mass is 10.2. The van der Waals surface area contributed by atoms with Crippen LogP contribution in [-0.4, -0.2) is 42.0 Å². The highest BCUT2D eigenvalue weighted by atomic mass is 32.1. The second-order valence-electron chi connectivity index (χ2n) is 3.90. The molecule has 0 unspecified atom stereocenters. The number of carbonyl (C=O) groups excluding carboxylic acids is 1. The summed E-state index contributed by atoms with van der Waals surface area (Å²) in [5.41, 5.74) is 0.950. The van der Waals surface area contributed by atoms with Gasteiger partial charge in [-0.15, -0.1) is 11.3 Å². The van der Waals surface area contributed by atoms with Gasteiger partial charge in [0.1, 0.15) is 4.88 Å². The van der Waals surface area contributed by atoms with Crippen LogP contribution in [0.15, 0.2) is 0 Å². The average Bonchev–Trinajstić information content (AvgIpc) is 2.70. The van der Waals surface area contributed by atoms with Crippen LogP contribution in [0, 0.1) is 6.92 Å². The van der Waals surface area contributed by atoms with E-state index in [1.165, 1.54) is 11.3 Å². The van der Waals surface area contributed by atoms with E-state index in [9.17, 15) is 4.79 Å². The van der Waals surface area contributed by atoms with Crippen molar-refractivity contribution in [1.82, 2.24) is 15.2 Å². The van der Waals surface area contributed by atoms with E-state index < -0.39 is 0 Å². The Morgan fingerprint density at radius 1 is 1.50 bits per heavy atom. The van der Waals surface area contributed by atoms with Gasteiger partial charge in [0.25, 0.3) is 5.91 Å². The zero-order valence-corrected chi connectivity index (χ0v) is 10.6. The zero-order valence-electron chi connectivity index (χ0n) is 9.75. The molecule has 0 spiro atoms. The Morgan fingerprint density at radius 2 is 2.19 bits per heavy atom. The molecule has 0 aromatic carbocycles. The highest BCUT2D eigenvalue weighted by Crippen LogP contribution is 2.20. The molecule has 1 aliphatic heterocycles. The number of amides is 1. The first-order chi connectivity index (χ1) is 7.72. The molecule has 1 fully saturated rings. The quantitative estimate of drug-likeness (QED) is 0.839. The predicted molar refractivity (Wildman–Crippen MR) is 65.0 cm³/mol. The number of hydrogen-bond acceptors (Lipinski definition) is 4. The topological polar surface area (TPSA) is 45.2 Å². The SMILES string of the molecule is CCc1nc(C)sc1C(=O)N1CCNCC1. The van der Waals surface area contributed by atoms with Gasteiger partial charge in [-0.25, -0.2) is 4.98 Å². The highest BCUT2D eigenvalue weighted by molar-refractivity contribution is 7.13. The molecule has 0 aliphatic carbocycles. The van der Waals surface area contributed by atoms with Crippen LogP contribution < -0.4 is 5.32 Å². The summed E-state index contributed by atoms with van der Waals surface area (Å²) >= 11 is 1.52. The summed E-state index contributed by atoms with van der Waals surface area (Å²) < 4.78 is 0. The standard InChI is InChI=1S/C11H17N3OS/c1-3-9-10(16-8(2)13-9)11(15)14-6-4-12-5-7-14/h12H,3-7H2,1-2H3. The van der Waals surface area contributed by atoms with Crippen molar-refractivity contribution in [3.8, 4) is 0 Å². The van der Waals surface area contributed by atoms with E-state index in [1.807, 2.05) is 18.7 Å². The van der Waals surface area contributed by atoms with Crippen LogP contribution in [0.4, 0.5) is 0 Å². The summed E-state index contributed by atoms with van der Waals surface area (Å²) in [6.45, 7) is 7.40. The molecule has 1 N–H and O–H groups in total. The van der Waals surface area contributed by atoms with Crippen molar-refractivity contribution in [2.45, 2.75) is 20.3 Å². The maximum absolute atomic E-state index is 12.3. The second kappa shape index (κ2) is 4.93. The lowest BCUT2D eigenvalue weighted by molar-refractivity contribution is 0.0739. The molecule has 1 saturated heterocycles. The Balaban J connectivity index is 2.18. The Hall–Kier alpha value is -0.940.